The maximum Gasteiger partial charge on any atom is 0.230 e. The number of hydrogen-bond donors (Lipinski definition) is 1. The minimum Gasteiger partial charge on any atom is -0.349 e. The Bertz CT molecular complexity index is 840. The Kier molecular flexibility index (Phi) is 5.21. The molecule has 0 aliphatic heterocycles. The average molecular weight is 357 g/mol. The highest BCUT2D eigenvalue weighted by Gasteiger charge is 2.12. The molecule has 3 aromatic rings. The van der Waals surface area contributed by atoms with Gasteiger partial charge >= 0.3 is 0 Å². The predicted octanol–water partition coefficient (Wildman–Crippen LogP) is 4.88. The maximum absolute atomic E-state index is 12.2. The van der Waals surface area contributed by atoms with E-state index >= 15 is 0 Å². The summed E-state index contributed by atoms with van der Waals surface area (Å²) in [7, 11) is 0. The number of carbonyl (C=O) groups excluding carboxylic acids is 1. The topological polar surface area (TPSA) is 42.0 Å². The van der Waals surface area contributed by atoms with Crippen LogP contribution < -0.4 is 5.32 Å². The Morgan fingerprint density at radius 1 is 1.21 bits per heavy atom. The van der Waals surface area contributed by atoms with Crippen LogP contribution in [0.4, 0.5) is 0 Å². The first-order valence-electron chi connectivity index (χ1n) is 7.88. The van der Waals surface area contributed by atoms with Gasteiger partial charge in [0.1, 0.15) is 0 Å². The third-order valence-corrected chi connectivity index (χ3v) is 6.19. The van der Waals surface area contributed by atoms with Crippen LogP contribution in [0.3, 0.4) is 0 Å². The van der Waals surface area contributed by atoms with E-state index in [1.165, 1.54) is 22.9 Å². The third-order valence-electron chi connectivity index (χ3n) is 4.01. The van der Waals surface area contributed by atoms with Gasteiger partial charge < -0.3 is 5.32 Å². The van der Waals surface area contributed by atoms with Gasteiger partial charge in [0.2, 0.25) is 5.91 Å². The number of carbonyl (C=O) groups is 1. The van der Waals surface area contributed by atoms with Crippen molar-refractivity contribution < 1.29 is 4.79 Å². The summed E-state index contributed by atoms with van der Waals surface area (Å²) in [6.45, 7) is 6.21. The molecule has 0 saturated carbocycles. The molecule has 0 fully saturated rings. The lowest BCUT2D eigenvalue weighted by molar-refractivity contribution is -0.119. The van der Waals surface area contributed by atoms with Crippen molar-refractivity contribution in [1.82, 2.24) is 10.3 Å². The summed E-state index contributed by atoms with van der Waals surface area (Å²) in [4.78, 5) is 16.8. The molecule has 2 aromatic carbocycles. The molecule has 1 amide bonds. The van der Waals surface area contributed by atoms with Gasteiger partial charge in [-0.2, -0.15) is 0 Å². The van der Waals surface area contributed by atoms with Crippen molar-refractivity contribution in [1.29, 1.82) is 0 Å². The van der Waals surface area contributed by atoms with E-state index in [9.17, 15) is 4.79 Å². The third kappa shape index (κ3) is 3.97. The number of fused-ring (bicyclic) bond motifs is 1. The molecule has 3 nitrogen and oxygen atoms in total. The van der Waals surface area contributed by atoms with Gasteiger partial charge in [0.05, 0.1) is 22.0 Å². The molecule has 1 N–H and O–H groups in total. The van der Waals surface area contributed by atoms with Crippen molar-refractivity contribution in [3.05, 3.63) is 59.2 Å². The molecule has 0 radical (unpaired) electrons. The fourth-order valence-corrected chi connectivity index (χ4v) is 4.32. The van der Waals surface area contributed by atoms with E-state index in [0.29, 0.717) is 5.75 Å². The van der Waals surface area contributed by atoms with Crippen molar-refractivity contribution >= 4 is 39.2 Å². The van der Waals surface area contributed by atoms with Crippen molar-refractivity contribution in [2.45, 2.75) is 31.2 Å². The molecule has 1 aromatic heterocycles. The number of thioether (sulfide) groups is 1. The molecule has 0 unspecified atom stereocenters. The first kappa shape index (κ1) is 17.0. The molecule has 1 atom stereocenters. The quantitative estimate of drug-likeness (QED) is 0.662. The van der Waals surface area contributed by atoms with Crippen LogP contribution >= 0.6 is 23.1 Å². The number of aromatic nitrogens is 1. The standard InChI is InChI=1S/C19H20N2OS2/c1-12-8-9-15(10-13(12)2)14(3)20-18(22)11-23-19-21-16-6-4-5-7-17(16)24-19/h4-10,14H,11H2,1-3H3,(H,20,22)/t14-/m1/s1. The Morgan fingerprint density at radius 3 is 2.75 bits per heavy atom. The molecule has 24 heavy (non-hydrogen) atoms. The van der Waals surface area contributed by atoms with Crippen LogP contribution in [-0.2, 0) is 4.79 Å². The number of nitrogens with zero attached hydrogens (tertiary/aromatic N) is 1. The Labute approximate surface area is 150 Å². The van der Waals surface area contributed by atoms with E-state index < -0.39 is 0 Å². The molecule has 124 valence electrons. The fraction of sp³-hybridized carbons (Fsp3) is 0.263. The number of thiazole rings is 1. The van der Waals surface area contributed by atoms with Crippen LogP contribution in [0.1, 0.15) is 29.7 Å². The van der Waals surface area contributed by atoms with Gasteiger partial charge in [0, 0.05) is 0 Å². The molecule has 3 rings (SSSR count). The highest BCUT2D eigenvalue weighted by Crippen LogP contribution is 2.29. The van der Waals surface area contributed by atoms with Crippen LogP contribution in [-0.4, -0.2) is 16.6 Å². The maximum atomic E-state index is 12.2. The van der Waals surface area contributed by atoms with Crippen LogP contribution in [0.5, 0.6) is 0 Å². The Balaban J connectivity index is 1.57. The summed E-state index contributed by atoms with van der Waals surface area (Å²) in [6, 6.07) is 14.4. The lowest BCUT2D eigenvalue weighted by Crippen LogP contribution is -2.28. The number of benzene rings is 2. The van der Waals surface area contributed by atoms with Crippen LogP contribution in [0.2, 0.25) is 0 Å². The normalized spacial score (nSPS) is 12.3. The number of nitrogens with one attached hydrogen (secondary N) is 1. The van der Waals surface area contributed by atoms with Crippen molar-refractivity contribution in [2.75, 3.05) is 5.75 Å². The zero-order valence-corrected chi connectivity index (χ0v) is 15.6. The average Bonchev–Trinajstić information content (AvgIpc) is 2.98. The number of para-hydroxylation sites is 1. The molecule has 0 spiro atoms. The minimum absolute atomic E-state index is 0.00719. The first-order chi connectivity index (χ1) is 11.5. The van der Waals surface area contributed by atoms with E-state index in [-0.39, 0.29) is 11.9 Å². The zero-order valence-electron chi connectivity index (χ0n) is 14.0. The second-order valence-electron chi connectivity index (χ2n) is 5.87. The number of hydrogen-bond acceptors (Lipinski definition) is 4. The molecular weight excluding hydrogens is 336 g/mol. The largest absolute Gasteiger partial charge is 0.349 e. The molecule has 0 aliphatic carbocycles. The van der Waals surface area contributed by atoms with Gasteiger partial charge in [-0.05, 0) is 49.6 Å². The van der Waals surface area contributed by atoms with E-state index in [0.717, 1.165) is 20.1 Å². The molecule has 1 heterocycles. The molecular formula is C19H20N2OS2. The van der Waals surface area contributed by atoms with Gasteiger partial charge in [-0.1, -0.05) is 42.1 Å². The van der Waals surface area contributed by atoms with Crippen molar-refractivity contribution in [2.24, 2.45) is 0 Å². The molecule has 0 saturated heterocycles. The second kappa shape index (κ2) is 7.36. The Hall–Kier alpha value is -1.85. The van der Waals surface area contributed by atoms with Gasteiger partial charge in [-0.15, -0.1) is 11.3 Å². The second-order valence-corrected chi connectivity index (χ2v) is 8.12. The van der Waals surface area contributed by atoms with Crippen molar-refractivity contribution in [3.63, 3.8) is 0 Å². The number of amides is 1. The Morgan fingerprint density at radius 2 is 2.00 bits per heavy atom. The number of aryl methyl sites for hydroxylation is 2. The first-order valence-corrected chi connectivity index (χ1v) is 9.68. The van der Waals surface area contributed by atoms with Crippen LogP contribution in [0, 0.1) is 13.8 Å². The number of rotatable bonds is 5. The SMILES string of the molecule is Cc1ccc([C@@H](C)NC(=O)CSc2nc3ccccc3s2)cc1C. The predicted molar refractivity (Wildman–Crippen MR) is 103 cm³/mol. The van der Waals surface area contributed by atoms with Gasteiger partial charge in [0.15, 0.2) is 4.34 Å². The summed E-state index contributed by atoms with van der Waals surface area (Å²) in [5.41, 5.74) is 4.64. The summed E-state index contributed by atoms with van der Waals surface area (Å²) in [6.07, 6.45) is 0. The van der Waals surface area contributed by atoms with E-state index in [1.807, 2.05) is 25.1 Å². The van der Waals surface area contributed by atoms with E-state index in [4.69, 9.17) is 0 Å². The lowest BCUT2D eigenvalue weighted by Gasteiger charge is -2.15. The van der Waals surface area contributed by atoms with Crippen LogP contribution in [0.15, 0.2) is 46.8 Å². The highest BCUT2D eigenvalue weighted by molar-refractivity contribution is 8.01. The van der Waals surface area contributed by atoms with E-state index in [2.05, 4.69) is 48.4 Å². The van der Waals surface area contributed by atoms with E-state index in [1.54, 1.807) is 11.3 Å². The van der Waals surface area contributed by atoms with Crippen LogP contribution in [0.25, 0.3) is 10.2 Å². The fourth-order valence-electron chi connectivity index (χ4n) is 2.44. The zero-order chi connectivity index (χ0) is 17.1. The summed E-state index contributed by atoms with van der Waals surface area (Å²) in [5.74, 6) is 0.416. The molecule has 5 heteroatoms. The summed E-state index contributed by atoms with van der Waals surface area (Å²) < 4.78 is 2.09. The lowest BCUT2D eigenvalue weighted by atomic mass is 10.0. The van der Waals surface area contributed by atoms with Gasteiger partial charge in [-0.3, -0.25) is 4.79 Å². The molecule has 0 aliphatic rings. The van der Waals surface area contributed by atoms with Crippen molar-refractivity contribution in [3.8, 4) is 0 Å². The summed E-state index contributed by atoms with van der Waals surface area (Å²) >= 11 is 3.12. The highest BCUT2D eigenvalue weighted by atomic mass is 32.2. The summed E-state index contributed by atoms with van der Waals surface area (Å²) in [5, 5.41) is 3.06. The van der Waals surface area contributed by atoms with Gasteiger partial charge in [0.25, 0.3) is 0 Å². The smallest absolute Gasteiger partial charge is 0.230 e. The minimum atomic E-state index is 0.00719. The van der Waals surface area contributed by atoms with Gasteiger partial charge in [-0.25, -0.2) is 4.98 Å². The monoisotopic (exact) mass is 356 g/mol. The molecule has 0 bridgehead atoms.